The molecule has 0 radical (unpaired) electrons. The molecule has 0 unspecified atom stereocenters. The molecular formula is C23H18Cl2N4O. The summed E-state index contributed by atoms with van der Waals surface area (Å²) >= 11 is 12.1. The second kappa shape index (κ2) is 7.42. The van der Waals surface area contributed by atoms with E-state index in [9.17, 15) is 4.79 Å². The van der Waals surface area contributed by atoms with Gasteiger partial charge in [0.2, 0.25) is 0 Å². The van der Waals surface area contributed by atoms with Gasteiger partial charge in [0.15, 0.2) is 5.65 Å². The van der Waals surface area contributed by atoms with Gasteiger partial charge in [0, 0.05) is 17.3 Å². The zero-order valence-corrected chi connectivity index (χ0v) is 17.7. The van der Waals surface area contributed by atoms with Crippen LogP contribution in [0.3, 0.4) is 0 Å². The Kier molecular flexibility index (Phi) is 4.72. The van der Waals surface area contributed by atoms with Crippen molar-refractivity contribution in [2.75, 3.05) is 5.32 Å². The SMILES string of the molecule is Cc1nn(-c2ccccc2)c2nc(C3CC3)cc(C(=O)Nc3ccc(Cl)c(Cl)c3)c12. The fraction of sp³-hybridized carbons (Fsp3) is 0.174. The Balaban J connectivity index is 1.64. The van der Waals surface area contributed by atoms with Crippen molar-refractivity contribution in [3.8, 4) is 5.69 Å². The van der Waals surface area contributed by atoms with Crippen molar-refractivity contribution in [1.29, 1.82) is 0 Å². The Bertz CT molecular complexity index is 1280. The number of carbonyl (C=O) groups is 1. The molecular weight excluding hydrogens is 419 g/mol. The molecule has 2 aromatic carbocycles. The van der Waals surface area contributed by atoms with Crippen LogP contribution in [0.25, 0.3) is 16.7 Å². The number of pyridine rings is 1. The number of hydrogen-bond acceptors (Lipinski definition) is 3. The summed E-state index contributed by atoms with van der Waals surface area (Å²) in [6, 6.07) is 16.8. The summed E-state index contributed by atoms with van der Waals surface area (Å²) in [5.74, 6) is 0.170. The first-order valence-electron chi connectivity index (χ1n) is 9.73. The number of para-hydroxylation sites is 1. The normalized spacial score (nSPS) is 13.6. The van der Waals surface area contributed by atoms with E-state index in [0.717, 1.165) is 35.3 Å². The molecule has 7 heteroatoms. The highest BCUT2D eigenvalue weighted by atomic mass is 35.5. The lowest BCUT2D eigenvalue weighted by molar-refractivity contribution is 0.102. The minimum absolute atomic E-state index is 0.224. The Morgan fingerprint density at radius 3 is 2.53 bits per heavy atom. The van der Waals surface area contributed by atoms with Crippen molar-refractivity contribution < 1.29 is 4.79 Å². The number of aryl methyl sites for hydroxylation is 1. The van der Waals surface area contributed by atoms with Gasteiger partial charge in [-0.2, -0.15) is 5.10 Å². The summed E-state index contributed by atoms with van der Waals surface area (Å²) in [5, 5.41) is 9.21. The monoisotopic (exact) mass is 436 g/mol. The van der Waals surface area contributed by atoms with Crippen molar-refractivity contribution in [1.82, 2.24) is 14.8 Å². The number of amides is 1. The van der Waals surface area contributed by atoms with E-state index in [1.807, 2.05) is 48.0 Å². The van der Waals surface area contributed by atoms with Gasteiger partial charge < -0.3 is 5.32 Å². The number of anilines is 1. The maximum Gasteiger partial charge on any atom is 0.256 e. The number of fused-ring (bicyclic) bond motifs is 1. The van der Waals surface area contributed by atoms with Crippen LogP contribution in [0.1, 0.15) is 40.5 Å². The van der Waals surface area contributed by atoms with E-state index >= 15 is 0 Å². The van der Waals surface area contributed by atoms with Crippen LogP contribution in [0.2, 0.25) is 10.0 Å². The predicted molar refractivity (Wildman–Crippen MR) is 120 cm³/mol. The molecule has 150 valence electrons. The highest BCUT2D eigenvalue weighted by Crippen LogP contribution is 2.41. The zero-order valence-electron chi connectivity index (χ0n) is 16.2. The van der Waals surface area contributed by atoms with Gasteiger partial charge in [-0.3, -0.25) is 4.79 Å². The van der Waals surface area contributed by atoms with Gasteiger partial charge >= 0.3 is 0 Å². The fourth-order valence-corrected chi connectivity index (χ4v) is 3.90. The molecule has 1 aliphatic carbocycles. The Morgan fingerprint density at radius 1 is 1.07 bits per heavy atom. The quantitative estimate of drug-likeness (QED) is 0.416. The van der Waals surface area contributed by atoms with Gasteiger partial charge in [-0.05, 0) is 56.2 Å². The number of aromatic nitrogens is 3. The van der Waals surface area contributed by atoms with Crippen LogP contribution < -0.4 is 5.32 Å². The second-order valence-corrected chi connectivity index (χ2v) is 8.30. The minimum Gasteiger partial charge on any atom is -0.322 e. The molecule has 1 N–H and O–H groups in total. The number of rotatable bonds is 4. The molecule has 2 heterocycles. The summed E-state index contributed by atoms with van der Waals surface area (Å²) in [6.45, 7) is 1.90. The number of nitrogens with zero attached hydrogens (tertiary/aromatic N) is 3. The molecule has 30 heavy (non-hydrogen) atoms. The molecule has 0 aliphatic heterocycles. The zero-order chi connectivity index (χ0) is 20.8. The smallest absolute Gasteiger partial charge is 0.256 e. The van der Waals surface area contributed by atoms with Crippen molar-refractivity contribution in [2.45, 2.75) is 25.7 Å². The van der Waals surface area contributed by atoms with E-state index in [0.29, 0.717) is 32.9 Å². The second-order valence-electron chi connectivity index (χ2n) is 7.48. The van der Waals surface area contributed by atoms with Crippen LogP contribution in [-0.2, 0) is 0 Å². The van der Waals surface area contributed by atoms with Crippen LogP contribution >= 0.6 is 23.2 Å². The minimum atomic E-state index is -0.224. The molecule has 2 aromatic heterocycles. The van der Waals surface area contributed by atoms with Crippen LogP contribution in [0.15, 0.2) is 54.6 Å². The maximum absolute atomic E-state index is 13.3. The topological polar surface area (TPSA) is 59.8 Å². The van der Waals surface area contributed by atoms with Crippen LogP contribution in [0.4, 0.5) is 5.69 Å². The van der Waals surface area contributed by atoms with Crippen molar-refractivity contribution >= 4 is 45.8 Å². The van der Waals surface area contributed by atoms with Crippen molar-refractivity contribution in [2.24, 2.45) is 0 Å². The summed E-state index contributed by atoms with van der Waals surface area (Å²) < 4.78 is 1.81. The largest absolute Gasteiger partial charge is 0.322 e. The molecule has 0 spiro atoms. The first-order chi connectivity index (χ1) is 14.5. The van der Waals surface area contributed by atoms with Crippen LogP contribution in [0.5, 0.6) is 0 Å². The highest BCUT2D eigenvalue weighted by molar-refractivity contribution is 6.42. The third kappa shape index (κ3) is 3.44. The van der Waals surface area contributed by atoms with Crippen molar-refractivity contribution in [3.63, 3.8) is 0 Å². The number of benzene rings is 2. The Hall–Kier alpha value is -2.89. The molecule has 1 saturated carbocycles. The van der Waals surface area contributed by atoms with Gasteiger partial charge in [0.25, 0.3) is 5.91 Å². The van der Waals surface area contributed by atoms with E-state index in [-0.39, 0.29) is 5.91 Å². The molecule has 0 bridgehead atoms. The molecule has 4 aromatic rings. The lowest BCUT2D eigenvalue weighted by atomic mass is 10.1. The third-order valence-corrected chi connectivity index (χ3v) is 5.99. The molecule has 5 nitrogen and oxygen atoms in total. The van der Waals surface area contributed by atoms with E-state index in [2.05, 4.69) is 5.32 Å². The lowest BCUT2D eigenvalue weighted by Crippen LogP contribution is -2.13. The van der Waals surface area contributed by atoms with E-state index in [4.69, 9.17) is 33.3 Å². The van der Waals surface area contributed by atoms with Crippen molar-refractivity contribution in [3.05, 3.63) is 81.6 Å². The first-order valence-corrected chi connectivity index (χ1v) is 10.5. The number of halogens is 2. The maximum atomic E-state index is 13.3. The summed E-state index contributed by atoms with van der Waals surface area (Å²) in [7, 11) is 0. The van der Waals surface area contributed by atoms with Gasteiger partial charge in [-0.1, -0.05) is 41.4 Å². The first kappa shape index (κ1) is 19.1. The Labute approximate surface area is 183 Å². The molecule has 5 rings (SSSR count). The summed E-state index contributed by atoms with van der Waals surface area (Å²) in [6.07, 6.45) is 2.18. The average Bonchev–Trinajstić information content (AvgIpc) is 3.55. The average molecular weight is 437 g/mol. The van der Waals surface area contributed by atoms with Gasteiger partial charge in [-0.25, -0.2) is 9.67 Å². The number of nitrogens with one attached hydrogen (secondary N) is 1. The molecule has 0 atom stereocenters. The number of hydrogen-bond donors (Lipinski definition) is 1. The van der Waals surface area contributed by atoms with Gasteiger partial charge in [-0.15, -0.1) is 0 Å². The third-order valence-electron chi connectivity index (χ3n) is 5.25. The lowest BCUT2D eigenvalue weighted by Gasteiger charge is -2.10. The predicted octanol–water partition coefficient (Wildman–Crippen LogP) is 6.17. The van der Waals surface area contributed by atoms with Crippen LogP contribution in [-0.4, -0.2) is 20.7 Å². The molecule has 1 aliphatic rings. The molecule has 1 fully saturated rings. The summed E-state index contributed by atoms with van der Waals surface area (Å²) in [4.78, 5) is 18.2. The number of carbonyl (C=O) groups excluding carboxylic acids is 1. The van der Waals surface area contributed by atoms with Gasteiger partial charge in [0.1, 0.15) is 0 Å². The molecule has 0 saturated heterocycles. The Morgan fingerprint density at radius 2 is 1.83 bits per heavy atom. The molecule has 1 amide bonds. The van der Waals surface area contributed by atoms with E-state index < -0.39 is 0 Å². The van der Waals surface area contributed by atoms with Crippen LogP contribution in [0, 0.1) is 6.92 Å². The summed E-state index contributed by atoms with van der Waals surface area (Å²) in [5.41, 5.74) is 4.43. The van der Waals surface area contributed by atoms with E-state index in [1.54, 1.807) is 18.2 Å². The van der Waals surface area contributed by atoms with E-state index in [1.165, 1.54) is 0 Å². The fourth-order valence-electron chi connectivity index (χ4n) is 3.60. The standard InChI is InChI=1S/C23H18Cl2N4O/c1-13-21-17(23(30)26-15-9-10-18(24)19(25)11-15)12-20(14-7-8-14)27-22(21)29(28-13)16-5-3-2-4-6-16/h2-6,9-12,14H,7-8H2,1H3,(H,26,30). The highest BCUT2D eigenvalue weighted by Gasteiger charge is 2.29. The van der Waals surface area contributed by atoms with Gasteiger partial charge in [0.05, 0.1) is 32.4 Å².